The fourth-order valence-electron chi connectivity index (χ4n) is 6.55. The van der Waals surface area contributed by atoms with Crippen LogP contribution in [-0.4, -0.2) is 104 Å². The quantitative estimate of drug-likeness (QED) is 0.230. The van der Waals surface area contributed by atoms with Crippen LogP contribution < -0.4 is 14.8 Å². The summed E-state index contributed by atoms with van der Waals surface area (Å²) in [4.78, 5) is 26.2. The van der Waals surface area contributed by atoms with Crippen LogP contribution in [-0.2, 0) is 30.7 Å². The van der Waals surface area contributed by atoms with E-state index in [0.29, 0.717) is 25.2 Å². The molecule has 268 valence electrons. The number of rotatable bonds is 15. The Kier molecular flexibility index (Phi) is 11.4. The van der Waals surface area contributed by atoms with Gasteiger partial charge in [-0.05, 0) is 49.3 Å². The summed E-state index contributed by atoms with van der Waals surface area (Å²) in [6.07, 6.45) is -2.85. The van der Waals surface area contributed by atoms with Crippen LogP contribution in [0, 0.1) is 11.3 Å². The highest BCUT2D eigenvalue weighted by Gasteiger charge is 2.49. The highest BCUT2D eigenvalue weighted by Crippen LogP contribution is 2.38. The predicted octanol–water partition coefficient (Wildman–Crippen LogP) is 3.80. The van der Waals surface area contributed by atoms with E-state index in [4.69, 9.17) is 23.7 Å². The summed E-state index contributed by atoms with van der Waals surface area (Å²) >= 11 is 0. The molecule has 49 heavy (non-hydrogen) atoms. The number of fused-ring (bicyclic) bond motifs is 2. The van der Waals surface area contributed by atoms with Gasteiger partial charge in [0, 0.05) is 31.6 Å². The van der Waals surface area contributed by atoms with Crippen molar-refractivity contribution in [2.45, 2.75) is 69.4 Å². The molecular weight excluding hydrogens is 658 g/mol. The Labute approximate surface area is 286 Å². The molecule has 5 atom stereocenters. The van der Waals surface area contributed by atoms with Gasteiger partial charge in [0.05, 0.1) is 42.1 Å². The third kappa shape index (κ3) is 8.83. The topological polar surface area (TPSA) is 173 Å². The smallest absolute Gasteiger partial charge is 0.412 e. The highest BCUT2D eigenvalue weighted by molar-refractivity contribution is 7.89. The molecule has 3 heterocycles. The Balaban J connectivity index is 1.45. The number of carbonyl (C=O) groups is 2. The molecule has 2 fully saturated rings. The second-order valence-electron chi connectivity index (χ2n) is 13.4. The van der Waals surface area contributed by atoms with Crippen LogP contribution in [0.5, 0.6) is 11.5 Å². The van der Waals surface area contributed by atoms with Gasteiger partial charge in [0.25, 0.3) is 0 Å². The average Bonchev–Trinajstić information content (AvgIpc) is 3.78. The standard InChI is InChI=1S/C34H45N3O11S/c1-22(2)48-32(39)35-14-13-34(3,4)20-36(49(42,43)24-10-11-29-30(17-24)47-21-46-29)18-28(38)26(16-23-8-6-5-7-9-23)37(33(40)41)27-19-45-31-25(27)12-15-44-31/h5-11,17,25-28,31,38H,1,12-16,18-21H2,2-4H3,(H,35,39)(H,40,41)/t25-,26-,27-,28+,31+/m0/s1. The Bertz CT molecular complexity index is 1600. The summed E-state index contributed by atoms with van der Waals surface area (Å²) in [7, 11) is -4.29. The number of alkyl carbamates (subject to hydrolysis) is 1. The summed E-state index contributed by atoms with van der Waals surface area (Å²) < 4.78 is 57.2. The molecule has 2 aromatic carbocycles. The van der Waals surface area contributed by atoms with Crippen LogP contribution in [0.3, 0.4) is 0 Å². The van der Waals surface area contributed by atoms with Gasteiger partial charge in [-0.25, -0.2) is 18.0 Å². The van der Waals surface area contributed by atoms with Gasteiger partial charge in [-0.3, -0.25) is 4.90 Å². The molecule has 0 aromatic heterocycles. The molecule has 5 rings (SSSR count). The molecule has 3 aliphatic rings. The van der Waals surface area contributed by atoms with Gasteiger partial charge in [0.1, 0.15) is 0 Å². The number of aliphatic hydroxyl groups is 1. The highest BCUT2D eigenvalue weighted by atomic mass is 32.2. The average molecular weight is 704 g/mol. The van der Waals surface area contributed by atoms with Gasteiger partial charge >= 0.3 is 12.2 Å². The number of carbonyl (C=O) groups excluding carboxylic acids is 1. The molecule has 0 spiro atoms. The SMILES string of the molecule is C=C(C)OC(=O)NCCC(C)(C)CN(C[C@@H](O)[C@H](Cc1ccccc1)N(C(=O)O)[C@H]1CO[C@H]2OCC[C@H]21)S(=O)(=O)c1ccc2c(c1)OCO2. The molecule has 2 aromatic rings. The normalized spacial score (nSPS) is 21.2. The molecule has 3 N–H and O–H groups in total. The first-order valence-corrected chi connectivity index (χ1v) is 17.7. The number of sulfonamides is 1. The minimum Gasteiger partial charge on any atom is -0.465 e. The van der Waals surface area contributed by atoms with Gasteiger partial charge in [0.15, 0.2) is 17.8 Å². The fraction of sp³-hybridized carbons (Fsp3) is 0.529. The predicted molar refractivity (Wildman–Crippen MR) is 176 cm³/mol. The molecule has 14 nitrogen and oxygen atoms in total. The van der Waals surface area contributed by atoms with Crippen molar-refractivity contribution >= 4 is 22.2 Å². The fourth-order valence-corrected chi connectivity index (χ4v) is 8.21. The van der Waals surface area contributed by atoms with Crippen molar-refractivity contribution in [2.24, 2.45) is 11.3 Å². The van der Waals surface area contributed by atoms with Crippen molar-refractivity contribution in [1.29, 1.82) is 0 Å². The molecule has 0 bridgehead atoms. The van der Waals surface area contributed by atoms with Crippen molar-refractivity contribution < 1.29 is 51.9 Å². The Morgan fingerprint density at radius 2 is 1.86 bits per heavy atom. The van der Waals surface area contributed by atoms with Crippen molar-refractivity contribution in [2.75, 3.05) is 39.6 Å². The molecule has 0 saturated carbocycles. The van der Waals surface area contributed by atoms with Crippen molar-refractivity contribution in [3.8, 4) is 11.5 Å². The number of allylic oxidation sites excluding steroid dienone is 1. The van der Waals surface area contributed by atoms with Crippen LogP contribution >= 0.6 is 0 Å². The molecule has 0 aliphatic carbocycles. The summed E-state index contributed by atoms with van der Waals surface area (Å²) in [5, 5.41) is 25.3. The van der Waals surface area contributed by atoms with Crippen LogP contribution in [0.4, 0.5) is 9.59 Å². The number of carboxylic acid groups (broad SMARTS) is 1. The van der Waals surface area contributed by atoms with E-state index in [-0.39, 0.29) is 55.2 Å². The van der Waals surface area contributed by atoms with Crippen LogP contribution in [0.25, 0.3) is 0 Å². The lowest BCUT2D eigenvalue weighted by atomic mass is 9.89. The van der Waals surface area contributed by atoms with E-state index >= 15 is 0 Å². The molecule has 0 radical (unpaired) electrons. The van der Waals surface area contributed by atoms with Gasteiger partial charge in [-0.2, -0.15) is 4.31 Å². The van der Waals surface area contributed by atoms with Crippen molar-refractivity contribution in [1.82, 2.24) is 14.5 Å². The van der Waals surface area contributed by atoms with Gasteiger partial charge < -0.3 is 39.2 Å². The third-order valence-electron chi connectivity index (χ3n) is 8.99. The molecule has 3 aliphatic heterocycles. The van der Waals surface area contributed by atoms with Crippen LogP contribution in [0.2, 0.25) is 0 Å². The van der Waals surface area contributed by atoms with Crippen molar-refractivity contribution in [3.05, 3.63) is 66.4 Å². The number of nitrogens with one attached hydrogen (secondary N) is 1. The number of aliphatic hydroxyl groups excluding tert-OH is 1. The van der Waals surface area contributed by atoms with Gasteiger partial charge in [0.2, 0.25) is 16.8 Å². The second kappa shape index (κ2) is 15.3. The van der Waals surface area contributed by atoms with E-state index in [1.807, 2.05) is 44.2 Å². The van der Waals surface area contributed by atoms with E-state index in [0.717, 1.165) is 5.56 Å². The maximum absolute atomic E-state index is 14.4. The lowest BCUT2D eigenvalue weighted by Crippen LogP contribution is -2.58. The number of amides is 2. The Morgan fingerprint density at radius 3 is 2.57 bits per heavy atom. The first kappa shape index (κ1) is 36.4. The Hall–Kier alpha value is -3.89. The number of nitrogens with zero attached hydrogens (tertiary/aromatic N) is 2. The van der Waals surface area contributed by atoms with E-state index in [1.54, 1.807) is 6.92 Å². The summed E-state index contributed by atoms with van der Waals surface area (Å²) in [5.74, 6) is 0.687. The minimum atomic E-state index is -4.29. The molecule has 15 heteroatoms. The molecule has 0 unspecified atom stereocenters. The van der Waals surface area contributed by atoms with Gasteiger partial charge in [-0.15, -0.1) is 0 Å². The monoisotopic (exact) mass is 703 g/mol. The van der Waals surface area contributed by atoms with Gasteiger partial charge in [-0.1, -0.05) is 50.8 Å². The first-order valence-electron chi connectivity index (χ1n) is 16.2. The van der Waals surface area contributed by atoms with Crippen molar-refractivity contribution in [3.63, 3.8) is 0 Å². The molecule has 2 amide bonds. The summed E-state index contributed by atoms with van der Waals surface area (Å²) in [5.41, 5.74) is 0.0449. The third-order valence-corrected chi connectivity index (χ3v) is 10.8. The maximum Gasteiger partial charge on any atom is 0.412 e. The summed E-state index contributed by atoms with van der Waals surface area (Å²) in [6.45, 7) is 8.93. The van der Waals surface area contributed by atoms with Crippen LogP contribution in [0.1, 0.15) is 39.2 Å². The lowest BCUT2D eigenvalue weighted by molar-refractivity contribution is -0.0906. The first-order chi connectivity index (χ1) is 23.2. The zero-order valence-electron chi connectivity index (χ0n) is 27.9. The largest absolute Gasteiger partial charge is 0.465 e. The zero-order valence-corrected chi connectivity index (χ0v) is 28.8. The summed E-state index contributed by atoms with van der Waals surface area (Å²) in [6, 6.07) is 11.8. The van der Waals surface area contributed by atoms with E-state index in [1.165, 1.54) is 27.4 Å². The van der Waals surface area contributed by atoms with Crippen LogP contribution in [0.15, 0.2) is 65.8 Å². The number of hydrogen-bond acceptors (Lipinski definition) is 10. The number of hydrogen-bond donors (Lipinski definition) is 3. The lowest BCUT2D eigenvalue weighted by Gasteiger charge is -2.40. The van der Waals surface area contributed by atoms with E-state index < -0.39 is 58.6 Å². The molecule has 2 saturated heterocycles. The van der Waals surface area contributed by atoms with E-state index in [9.17, 15) is 28.2 Å². The molecular formula is C34H45N3O11S. The minimum absolute atomic E-state index is 0.0426. The maximum atomic E-state index is 14.4. The van der Waals surface area contributed by atoms with E-state index in [2.05, 4.69) is 11.9 Å². The number of benzene rings is 2. The second-order valence-corrected chi connectivity index (χ2v) is 15.3. The number of ether oxygens (including phenoxy) is 5. The Morgan fingerprint density at radius 1 is 1.12 bits per heavy atom. The zero-order chi connectivity index (χ0) is 35.3.